The summed E-state index contributed by atoms with van der Waals surface area (Å²) in [6.45, 7) is 1.33. The van der Waals surface area contributed by atoms with Gasteiger partial charge in [0.2, 0.25) is 0 Å². The summed E-state index contributed by atoms with van der Waals surface area (Å²) in [6, 6.07) is 11.9. The van der Waals surface area contributed by atoms with E-state index in [9.17, 15) is 18.0 Å². The highest BCUT2D eigenvalue weighted by molar-refractivity contribution is 5.84. The van der Waals surface area contributed by atoms with E-state index < -0.39 is 17.7 Å². The fourth-order valence-corrected chi connectivity index (χ4v) is 3.12. The van der Waals surface area contributed by atoms with Gasteiger partial charge in [0, 0.05) is 18.9 Å². The average molecular weight is 418 g/mol. The summed E-state index contributed by atoms with van der Waals surface area (Å²) in [7, 11) is 0. The fraction of sp³-hybridized carbons (Fsp3) is 0.261. The molecule has 1 aliphatic heterocycles. The molecule has 7 heteroatoms. The molecule has 0 spiro atoms. The predicted molar refractivity (Wildman–Crippen MR) is 106 cm³/mol. The van der Waals surface area contributed by atoms with Crippen molar-refractivity contribution >= 4 is 11.5 Å². The lowest BCUT2D eigenvalue weighted by Gasteiger charge is -2.23. The number of rotatable bonds is 6. The lowest BCUT2D eigenvalue weighted by molar-refractivity contribution is -0.137. The van der Waals surface area contributed by atoms with Gasteiger partial charge in [-0.05, 0) is 41.0 Å². The van der Waals surface area contributed by atoms with Crippen LogP contribution in [0.3, 0.4) is 0 Å². The fourth-order valence-electron chi connectivity index (χ4n) is 3.12. The quantitative estimate of drug-likeness (QED) is 0.509. The maximum atomic E-state index is 12.9. The van der Waals surface area contributed by atoms with Crippen LogP contribution in [0.15, 0.2) is 66.8 Å². The molecule has 1 heterocycles. The first-order valence-electron chi connectivity index (χ1n) is 9.47. The summed E-state index contributed by atoms with van der Waals surface area (Å²) in [5.41, 5.74) is 1.12. The number of benzene rings is 2. The molecule has 158 valence electrons. The molecule has 1 saturated heterocycles. The summed E-state index contributed by atoms with van der Waals surface area (Å²) in [4.78, 5) is 10.8. The third kappa shape index (κ3) is 5.97. The van der Waals surface area contributed by atoms with E-state index in [0.29, 0.717) is 30.1 Å². The van der Waals surface area contributed by atoms with Crippen LogP contribution in [0.5, 0.6) is 5.75 Å². The lowest BCUT2D eigenvalue weighted by Crippen LogP contribution is -2.25. The van der Waals surface area contributed by atoms with E-state index in [4.69, 9.17) is 14.6 Å². The van der Waals surface area contributed by atoms with Gasteiger partial charge in [-0.1, -0.05) is 36.4 Å². The zero-order valence-electron chi connectivity index (χ0n) is 16.1. The standard InChI is InChI=1S/C23H21F3O4/c24-23(25,26)18-8-4-16(5-9-18)21(2-1-3-22(27)28)17-6-10-19(11-7-17)30-20-12-14-29-15-13-20/h1-11,20H,12-15H2,(H,27,28). The van der Waals surface area contributed by atoms with Gasteiger partial charge in [0.05, 0.1) is 18.8 Å². The van der Waals surface area contributed by atoms with Gasteiger partial charge < -0.3 is 14.6 Å². The second kappa shape index (κ2) is 9.63. The smallest absolute Gasteiger partial charge is 0.416 e. The highest BCUT2D eigenvalue weighted by Gasteiger charge is 2.30. The molecule has 0 saturated carbocycles. The Labute approximate surface area is 172 Å². The average Bonchev–Trinajstić information content (AvgIpc) is 2.72. The molecule has 0 amide bonds. The van der Waals surface area contributed by atoms with Crippen molar-refractivity contribution in [2.24, 2.45) is 0 Å². The third-order valence-electron chi connectivity index (χ3n) is 4.66. The van der Waals surface area contributed by atoms with Crippen LogP contribution >= 0.6 is 0 Å². The second-order valence-corrected chi connectivity index (χ2v) is 6.81. The number of ether oxygens (including phenoxy) is 2. The van der Waals surface area contributed by atoms with Crippen molar-refractivity contribution in [3.8, 4) is 5.75 Å². The summed E-state index contributed by atoms with van der Waals surface area (Å²) < 4.78 is 49.8. The maximum Gasteiger partial charge on any atom is 0.416 e. The van der Waals surface area contributed by atoms with Crippen LogP contribution in [-0.4, -0.2) is 30.4 Å². The molecule has 0 aliphatic carbocycles. The minimum atomic E-state index is -4.42. The first kappa shape index (κ1) is 21.6. The molecule has 0 radical (unpaired) electrons. The Morgan fingerprint density at radius 2 is 1.57 bits per heavy atom. The molecule has 0 unspecified atom stereocenters. The summed E-state index contributed by atoms with van der Waals surface area (Å²) in [6.07, 6.45) is 1.18. The zero-order chi connectivity index (χ0) is 21.6. The molecule has 0 atom stereocenters. The Bertz CT molecular complexity index is 907. The Balaban J connectivity index is 1.85. The molecule has 0 aromatic heterocycles. The second-order valence-electron chi connectivity index (χ2n) is 6.81. The number of aliphatic carboxylic acids is 1. The van der Waals surface area contributed by atoms with Gasteiger partial charge in [0.25, 0.3) is 0 Å². The highest BCUT2D eigenvalue weighted by Crippen LogP contribution is 2.32. The van der Waals surface area contributed by atoms with Crippen molar-refractivity contribution in [1.82, 2.24) is 0 Å². The number of allylic oxidation sites excluding steroid dienone is 2. The molecular weight excluding hydrogens is 397 g/mol. The lowest BCUT2D eigenvalue weighted by atomic mass is 9.96. The summed E-state index contributed by atoms with van der Waals surface area (Å²) in [5.74, 6) is -0.420. The van der Waals surface area contributed by atoms with Gasteiger partial charge in [-0.3, -0.25) is 0 Å². The molecule has 4 nitrogen and oxygen atoms in total. The maximum absolute atomic E-state index is 12.9. The molecule has 3 rings (SSSR count). The van der Waals surface area contributed by atoms with Crippen molar-refractivity contribution in [1.29, 1.82) is 0 Å². The third-order valence-corrected chi connectivity index (χ3v) is 4.66. The molecule has 2 aromatic carbocycles. The number of carbonyl (C=O) groups is 1. The van der Waals surface area contributed by atoms with Crippen molar-refractivity contribution in [3.63, 3.8) is 0 Å². The number of carboxylic acids is 1. The van der Waals surface area contributed by atoms with Crippen molar-refractivity contribution in [3.05, 3.63) is 83.4 Å². The minimum absolute atomic E-state index is 0.0908. The van der Waals surface area contributed by atoms with E-state index in [2.05, 4.69) is 0 Å². The van der Waals surface area contributed by atoms with Crippen LogP contribution in [0.1, 0.15) is 29.5 Å². The SMILES string of the molecule is O=C(O)C=CC=C(c1ccc(OC2CCOCC2)cc1)c1ccc(C(F)(F)F)cc1. The number of halogens is 3. The molecule has 2 aromatic rings. The molecule has 1 fully saturated rings. The molecule has 0 bridgehead atoms. The van der Waals surface area contributed by atoms with E-state index in [1.165, 1.54) is 18.2 Å². The zero-order valence-corrected chi connectivity index (χ0v) is 16.1. The van der Waals surface area contributed by atoms with Crippen molar-refractivity contribution in [2.75, 3.05) is 13.2 Å². The van der Waals surface area contributed by atoms with E-state index in [1.807, 2.05) is 0 Å². The number of alkyl halides is 3. The Morgan fingerprint density at radius 1 is 1.00 bits per heavy atom. The van der Waals surface area contributed by atoms with Crippen LogP contribution in [0.4, 0.5) is 13.2 Å². The molecule has 1 aliphatic rings. The highest BCUT2D eigenvalue weighted by atomic mass is 19.4. The number of carboxylic acid groups (broad SMARTS) is 1. The molecule has 1 N–H and O–H groups in total. The van der Waals surface area contributed by atoms with E-state index in [1.54, 1.807) is 30.3 Å². The Hall–Kier alpha value is -3.06. The van der Waals surface area contributed by atoms with Crippen LogP contribution < -0.4 is 4.74 Å². The van der Waals surface area contributed by atoms with Crippen LogP contribution in [0, 0.1) is 0 Å². The van der Waals surface area contributed by atoms with Gasteiger partial charge in [-0.15, -0.1) is 0 Å². The van der Waals surface area contributed by atoms with Gasteiger partial charge in [-0.25, -0.2) is 4.79 Å². The summed E-state index contributed by atoms with van der Waals surface area (Å²) >= 11 is 0. The number of hydrogen-bond acceptors (Lipinski definition) is 3. The van der Waals surface area contributed by atoms with Gasteiger partial charge >= 0.3 is 12.1 Å². The van der Waals surface area contributed by atoms with Gasteiger partial charge in [0.15, 0.2) is 0 Å². The molecule has 30 heavy (non-hydrogen) atoms. The van der Waals surface area contributed by atoms with E-state index >= 15 is 0 Å². The topological polar surface area (TPSA) is 55.8 Å². The van der Waals surface area contributed by atoms with E-state index in [0.717, 1.165) is 36.6 Å². The van der Waals surface area contributed by atoms with Gasteiger partial charge in [0.1, 0.15) is 11.9 Å². The first-order chi connectivity index (χ1) is 14.3. The number of hydrogen-bond donors (Lipinski definition) is 1. The van der Waals surface area contributed by atoms with Crippen LogP contribution in [0.2, 0.25) is 0 Å². The monoisotopic (exact) mass is 418 g/mol. The minimum Gasteiger partial charge on any atom is -0.490 e. The van der Waals surface area contributed by atoms with Crippen molar-refractivity contribution in [2.45, 2.75) is 25.1 Å². The van der Waals surface area contributed by atoms with Crippen LogP contribution in [-0.2, 0) is 15.7 Å². The first-order valence-corrected chi connectivity index (χ1v) is 9.47. The van der Waals surface area contributed by atoms with E-state index in [-0.39, 0.29) is 6.10 Å². The summed E-state index contributed by atoms with van der Waals surface area (Å²) in [5, 5.41) is 8.82. The Morgan fingerprint density at radius 3 is 2.10 bits per heavy atom. The van der Waals surface area contributed by atoms with Crippen LogP contribution in [0.25, 0.3) is 5.57 Å². The normalized spacial score (nSPS) is 16.0. The van der Waals surface area contributed by atoms with Gasteiger partial charge in [-0.2, -0.15) is 13.2 Å². The Kier molecular flexibility index (Phi) is 6.95. The molecular formula is C23H21F3O4. The predicted octanol–water partition coefficient (Wildman–Crippen LogP) is 5.34. The largest absolute Gasteiger partial charge is 0.490 e. The van der Waals surface area contributed by atoms with Crippen molar-refractivity contribution < 1.29 is 32.5 Å².